The van der Waals surface area contributed by atoms with E-state index in [0.29, 0.717) is 5.82 Å². The first-order valence-corrected chi connectivity index (χ1v) is 11.2. The Morgan fingerprint density at radius 2 is 2.00 bits per heavy atom. The second kappa shape index (κ2) is 9.69. The molecule has 31 heavy (non-hydrogen) atoms. The van der Waals surface area contributed by atoms with E-state index in [2.05, 4.69) is 53.3 Å². The van der Waals surface area contributed by atoms with Crippen LogP contribution in [0.1, 0.15) is 30.0 Å². The molecule has 0 aliphatic heterocycles. The Morgan fingerprint density at radius 3 is 2.77 bits per heavy atom. The average molecular weight is 429 g/mol. The van der Waals surface area contributed by atoms with Crippen LogP contribution in [0, 0.1) is 18.8 Å². The number of anilines is 1. The molecule has 0 saturated heterocycles. The molecule has 1 aromatic carbocycles. The van der Waals surface area contributed by atoms with Gasteiger partial charge in [-0.2, -0.15) is 0 Å². The Kier molecular flexibility index (Phi) is 6.56. The Morgan fingerprint density at radius 1 is 1.16 bits per heavy atom. The van der Waals surface area contributed by atoms with Crippen molar-refractivity contribution in [3.05, 3.63) is 70.9 Å². The summed E-state index contributed by atoms with van der Waals surface area (Å²) in [6.45, 7) is 4.58. The highest BCUT2D eigenvalue weighted by Gasteiger charge is 2.14. The fourth-order valence-corrected chi connectivity index (χ4v) is 4.21. The van der Waals surface area contributed by atoms with Gasteiger partial charge in [0.2, 0.25) is 0 Å². The number of benzene rings is 1. The zero-order chi connectivity index (χ0) is 21.6. The molecule has 5 nitrogen and oxygen atoms in total. The van der Waals surface area contributed by atoms with Crippen LogP contribution in [0.15, 0.2) is 54.2 Å². The Bertz CT molecular complexity index is 1240. The summed E-state index contributed by atoms with van der Waals surface area (Å²) in [6.07, 6.45) is 4.80. The summed E-state index contributed by atoms with van der Waals surface area (Å²) >= 11 is 1.57. The molecule has 4 rings (SSSR count). The molecule has 156 valence electrons. The number of aliphatic hydroxyl groups excluding tert-OH is 1. The standard InChI is InChI=1S/C25H24N4OS/c1-17-5-3-6-19(15-17)7-4-12-27-25-23-22(21(16-31-23)9-8-18(2)30)28-24(29-25)20-10-13-26-14-11-20/h3,5-6,10-11,13-16,18,30H,4,7,12H2,1-2H3,(H,27,28,29). The van der Waals surface area contributed by atoms with Gasteiger partial charge in [-0.3, -0.25) is 4.98 Å². The smallest absolute Gasteiger partial charge is 0.162 e. The predicted molar refractivity (Wildman–Crippen MR) is 127 cm³/mol. The van der Waals surface area contributed by atoms with Gasteiger partial charge in [-0.05, 0) is 44.4 Å². The van der Waals surface area contributed by atoms with Crippen molar-refractivity contribution in [2.45, 2.75) is 32.8 Å². The molecule has 3 aromatic heterocycles. The highest BCUT2D eigenvalue weighted by molar-refractivity contribution is 7.18. The van der Waals surface area contributed by atoms with Crippen LogP contribution < -0.4 is 5.32 Å². The maximum absolute atomic E-state index is 9.54. The number of rotatable bonds is 6. The largest absolute Gasteiger partial charge is 0.381 e. The second-order valence-corrected chi connectivity index (χ2v) is 8.30. The first kappa shape index (κ1) is 21.0. The maximum Gasteiger partial charge on any atom is 0.162 e. The molecule has 2 N–H and O–H groups in total. The lowest BCUT2D eigenvalue weighted by Crippen LogP contribution is -2.06. The van der Waals surface area contributed by atoms with Crippen molar-refractivity contribution < 1.29 is 5.11 Å². The van der Waals surface area contributed by atoms with E-state index in [9.17, 15) is 5.11 Å². The van der Waals surface area contributed by atoms with Crippen LogP contribution in [0.2, 0.25) is 0 Å². The Balaban J connectivity index is 1.61. The van der Waals surface area contributed by atoms with E-state index in [1.807, 2.05) is 17.5 Å². The van der Waals surface area contributed by atoms with Crippen molar-refractivity contribution in [2.75, 3.05) is 11.9 Å². The highest BCUT2D eigenvalue weighted by Crippen LogP contribution is 2.32. The molecule has 0 aliphatic rings. The van der Waals surface area contributed by atoms with E-state index in [4.69, 9.17) is 9.97 Å². The van der Waals surface area contributed by atoms with Crippen molar-refractivity contribution >= 4 is 27.4 Å². The minimum absolute atomic E-state index is 0.634. The molecule has 0 aliphatic carbocycles. The Labute approximate surface area is 186 Å². The molecule has 0 fully saturated rings. The molecular formula is C25H24N4OS. The van der Waals surface area contributed by atoms with Crippen molar-refractivity contribution in [1.29, 1.82) is 0 Å². The number of fused-ring (bicyclic) bond motifs is 1. The molecule has 4 aromatic rings. The molecule has 0 spiro atoms. The van der Waals surface area contributed by atoms with Crippen molar-refractivity contribution in [3.8, 4) is 23.2 Å². The molecule has 0 radical (unpaired) electrons. The number of nitrogens with zero attached hydrogens (tertiary/aromatic N) is 3. The summed E-state index contributed by atoms with van der Waals surface area (Å²) < 4.78 is 0.975. The summed E-state index contributed by atoms with van der Waals surface area (Å²) in [6, 6.07) is 12.4. The van der Waals surface area contributed by atoms with Crippen LogP contribution >= 0.6 is 11.3 Å². The van der Waals surface area contributed by atoms with Crippen LogP contribution in [-0.4, -0.2) is 32.7 Å². The SMILES string of the molecule is Cc1cccc(CCCNc2nc(-c3ccncc3)nc3c(C#CC(C)O)csc23)c1. The van der Waals surface area contributed by atoms with Crippen molar-refractivity contribution in [1.82, 2.24) is 15.0 Å². The van der Waals surface area contributed by atoms with Crippen LogP contribution in [0.4, 0.5) is 5.82 Å². The van der Waals surface area contributed by atoms with Crippen LogP contribution in [0.3, 0.4) is 0 Å². The topological polar surface area (TPSA) is 70.9 Å². The summed E-state index contributed by atoms with van der Waals surface area (Å²) in [5, 5.41) is 15.0. The summed E-state index contributed by atoms with van der Waals surface area (Å²) in [5.41, 5.74) is 5.15. The predicted octanol–water partition coefficient (Wildman–Crippen LogP) is 4.84. The van der Waals surface area contributed by atoms with Gasteiger partial charge in [0.25, 0.3) is 0 Å². The van der Waals surface area contributed by atoms with Crippen LogP contribution in [-0.2, 0) is 6.42 Å². The minimum Gasteiger partial charge on any atom is -0.381 e. The zero-order valence-corrected chi connectivity index (χ0v) is 18.4. The van der Waals surface area contributed by atoms with Gasteiger partial charge >= 0.3 is 0 Å². The fraction of sp³-hybridized carbons (Fsp3) is 0.240. The number of thiophene rings is 1. The third-order valence-corrected chi connectivity index (χ3v) is 5.76. The number of aryl methyl sites for hydroxylation is 2. The van der Waals surface area contributed by atoms with Gasteiger partial charge in [0.15, 0.2) is 5.82 Å². The number of hydrogen-bond acceptors (Lipinski definition) is 6. The molecule has 0 amide bonds. The monoisotopic (exact) mass is 428 g/mol. The zero-order valence-electron chi connectivity index (χ0n) is 17.6. The van der Waals surface area contributed by atoms with Gasteiger partial charge in [-0.1, -0.05) is 41.7 Å². The van der Waals surface area contributed by atoms with E-state index < -0.39 is 6.10 Å². The molecule has 0 saturated carbocycles. The number of aromatic nitrogens is 3. The van der Waals surface area contributed by atoms with E-state index in [1.165, 1.54) is 11.1 Å². The van der Waals surface area contributed by atoms with Gasteiger partial charge in [0.1, 0.15) is 17.4 Å². The molecule has 0 bridgehead atoms. The van der Waals surface area contributed by atoms with E-state index in [1.54, 1.807) is 30.7 Å². The molecule has 1 atom stereocenters. The van der Waals surface area contributed by atoms with Crippen LogP contribution in [0.5, 0.6) is 0 Å². The number of pyridine rings is 1. The molecule has 3 heterocycles. The lowest BCUT2D eigenvalue weighted by atomic mass is 10.1. The second-order valence-electron chi connectivity index (χ2n) is 7.42. The lowest BCUT2D eigenvalue weighted by Gasteiger charge is -2.09. The van der Waals surface area contributed by atoms with Crippen molar-refractivity contribution in [3.63, 3.8) is 0 Å². The van der Waals surface area contributed by atoms with Gasteiger partial charge in [0, 0.05) is 29.9 Å². The number of hydrogen-bond donors (Lipinski definition) is 2. The quantitative estimate of drug-likeness (QED) is 0.340. The summed E-state index contributed by atoms with van der Waals surface area (Å²) in [5.74, 6) is 7.31. The van der Waals surface area contributed by atoms with E-state index >= 15 is 0 Å². The van der Waals surface area contributed by atoms with E-state index in [0.717, 1.165) is 46.5 Å². The van der Waals surface area contributed by atoms with Gasteiger partial charge in [-0.15, -0.1) is 11.3 Å². The number of aliphatic hydroxyl groups is 1. The molecular weight excluding hydrogens is 404 g/mol. The van der Waals surface area contributed by atoms with Crippen molar-refractivity contribution in [2.24, 2.45) is 0 Å². The fourth-order valence-electron chi connectivity index (χ4n) is 3.31. The highest BCUT2D eigenvalue weighted by atomic mass is 32.1. The van der Waals surface area contributed by atoms with E-state index in [-0.39, 0.29) is 0 Å². The maximum atomic E-state index is 9.54. The molecule has 1 unspecified atom stereocenters. The van der Waals surface area contributed by atoms with Gasteiger partial charge < -0.3 is 10.4 Å². The third-order valence-electron chi connectivity index (χ3n) is 4.79. The average Bonchev–Trinajstić information content (AvgIpc) is 3.19. The van der Waals surface area contributed by atoms with Gasteiger partial charge in [-0.25, -0.2) is 9.97 Å². The third kappa shape index (κ3) is 5.26. The van der Waals surface area contributed by atoms with Crippen LogP contribution in [0.25, 0.3) is 21.6 Å². The summed E-state index contributed by atoms with van der Waals surface area (Å²) in [7, 11) is 0. The number of nitrogens with one attached hydrogen (secondary N) is 1. The Hall–Kier alpha value is -3.27. The first-order chi connectivity index (χ1) is 15.1. The normalized spacial score (nSPS) is 11.7. The molecule has 6 heteroatoms. The lowest BCUT2D eigenvalue weighted by molar-refractivity contribution is 0.253. The first-order valence-electron chi connectivity index (χ1n) is 10.3. The summed E-state index contributed by atoms with van der Waals surface area (Å²) in [4.78, 5) is 13.7. The minimum atomic E-state index is -0.685. The van der Waals surface area contributed by atoms with Gasteiger partial charge in [0.05, 0.1) is 10.3 Å².